The Balaban J connectivity index is 1.12. The average molecular weight is 554 g/mol. The first-order chi connectivity index (χ1) is 18.3. The molecule has 0 amide bonds. The van der Waals surface area contributed by atoms with Crippen molar-refractivity contribution in [2.75, 3.05) is 42.6 Å². The van der Waals surface area contributed by atoms with E-state index in [0.29, 0.717) is 55.2 Å². The molecule has 1 N–H and O–H groups in total. The molecule has 1 aliphatic carbocycles. The van der Waals surface area contributed by atoms with Crippen LogP contribution in [0.5, 0.6) is 5.88 Å². The molecule has 0 bridgehead atoms. The van der Waals surface area contributed by atoms with E-state index in [1.54, 1.807) is 12.4 Å². The van der Waals surface area contributed by atoms with Crippen molar-refractivity contribution in [3.05, 3.63) is 41.8 Å². The number of hydrogen-bond acceptors (Lipinski definition) is 9. The summed E-state index contributed by atoms with van der Waals surface area (Å²) in [6, 6.07) is 0.193. The largest absolute Gasteiger partial charge is 0.476 e. The fourth-order valence-electron chi connectivity index (χ4n) is 5.02. The van der Waals surface area contributed by atoms with Gasteiger partial charge in [0.2, 0.25) is 5.88 Å². The number of nitrogens with zero attached hydrogens (tertiary/aromatic N) is 6. The summed E-state index contributed by atoms with van der Waals surface area (Å²) in [5.41, 5.74) is 0.116. The molecule has 2 fully saturated rings. The van der Waals surface area contributed by atoms with Crippen molar-refractivity contribution in [1.82, 2.24) is 24.9 Å². The third-order valence-electron chi connectivity index (χ3n) is 7.32. The summed E-state index contributed by atoms with van der Waals surface area (Å²) in [6.45, 7) is 6.93. The SMILES string of the molecule is CC(C)c1noc(N2CCC(COc3cnc(N4C[C@H](NCl)[C@@H](C5=CC(F)C(F)C=C5F)C4)cn3)CC2)n1. The molecule has 3 aliphatic rings. The normalized spacial score (nSPS) is 26.6. The summed E-state index contributed by atoms with van der Waals surface area (Å²) in [5.74, 6) is 1.05. The first kappa shape index (κ1) is 26.7. The number of ether oxygens (including phenoxy) is 1. The van der Waals surface area contributed by atoms with E-state index in [1.165, 1.54) is 0 Å². The molecule has 0 spiro atoms. The maximum Gasteiger partial charge on any atom is 0.324 e. The van der Waals surface area contributed by atoms with Crippen LogP contribution in [0.2, 0.25) is 0 Å². The van der Waals surface area contributed by atoms with E-state index in [1.807, 2.05) is 18.7 Å². The Labute approximate surface area is 224 Å². The van der Waals surface area contributed by atoms with Crippen LogP contribution in [0.25, 0.3) is 0 Å². The van der Waals surface area contributed by atoms with E-state index in [-0.39, 0.29) is 17.5 Å². The van der Waals surface area contributed by atoms with E-state index in [9.17, 15) is 13.2 Å². The number of halogens is 4. The molecule has 2 aromatic heterocycles. The highest BCUT2D eigenvalue weighted by atomic mass is 35.5. The summed E-state index contributed by atoms with van der Waals surface area (Å²) in [6.07, 6.45) is 2.82. The molecule has 4 atom stereocenters. The van der Waals surface area contributed by atoms with Gasteiger partial charge in [-0.1, -0.05) is 19.0 Å². The summed E-state index contributed by atoms with van der Waals surface area (Å²) in [7, 11) is 0. The minimum Gasteiger partial charge on any atom is -0.476 e. The molecule has 4 heterocycles. The smallest absolute Gasteiger partial charge is 0.324 e. The first-order valence-corrected chi connectivity index (χ1v) is 13.2. The Bertz CT molecular complexity index is 1150. The molecule has 13 heteroatoms. The molecule has 206 valence electrons. The molecule has 0 radical (unpaired) electrons. The van der Waals surface area contributed by atoms with Crippen LogP contribution in [0.3, 0.4) is 0 Å². The number of allylic oxidation sites excluding steroid dienone is 3. The monoisotopic (exact) mass is 553 g/mol. The first-order valence-electron chi connectivity index (χ1n) is 12.8. The van der Waals surface area contributed by atoms with E-state index < -0.39 is 24.1 Å². The molecular formula is C25H31ClF3N7O2. The van der Waals surface area contributed by atoms with Gasteiger partial charge in [0.1, 0.15) is 11.6 Å². The van der Waals surface area contributed by atoms with Crippen LogP contribution in [-0.4, -0.2) is 71.3 Å². The molecule has 38 heavy (non-hydrogen) atoms. The lowest BCUT2D eigenvalue weighted by Gasteiger charge is -2.30. The zero-order valence-corrected chi connectivity index (χ0v) is 22.0. The van der Waals surface area contributed by atoms with Gasteiger partial charge in [-0.2, -0.15) is 4.98 Å². The Morgan fingerprint density at radius 1 is 1.11 bits per heavy atom. The van der Waals surface area contributed by atoms with E-state index in [0.717, 1.165) is 32.0 Å². The van der Waals surface area contributed by atoms with Crippen LogP contribution >= 0.6 is 11.8 Å². The van der Waals surface area contributed by atoms with Gasteiger partial charge in [0.05, 0.1) is 19.0 Å². The van der Waals surface area contributed by atoms with Gasteiger partial charge >= 0.3 is 6.01 Å². The lowest BCUT2D eigenvalue weighted by molar-refractivity contribution is 0.213. The number of aromatic nitrogens is 4. The summed E-state index contributed by atoms with van der Waals surface area (Å²) in [4.78, 5) is 19.9. The zero-order valence-electron chi connectivity index (χ0n) is 21.2. The lowest BCUT2D eigenvalue weighted by atomic mass is 9.89. The molecule has 9 nitrogen and oxygen atoms in total. The molecular weight excluding hydrogens is 523 g/mol. The second-order valence-corrected chi connectivity index (χ2v) is 10.5. The Morgan fingerprint density at radius 2 is 1.87 bits per heavy atom. The number of hydrogen-bond donors (Lipinski definition) is 1. The van der Waals surface area contributed by atoms with E-state index in [2.05, 4.69) is 29.8 Å². The van der Waals surface area contributed by atoms with Crippen molar-refractivity contribution < 1.29 is 22.4 Å². The number of anilines is 2. The van der Waals surface area contributed by atoms with Crippen molar-refractivity contribution in [1.29, 1.82) is 0 Å². The lowest BCUT2D eigenvalue weighted by Crippen LogP contribution is -2.35. The zero-order chi connectivity index (χ0) is 26.8. The third kappa shape index (κ3) is 5.75. The standard InChI is InChI=1S/C25H31ClF3N7O2/c1-14(2)24-32-25(38-34-24)35-5-3-15(4-6-35)13-37-23-10-30-22(9-31-23)36-11-17(21(12-36)33-26)16-7-19(28)20(29)8-18(16)27/h7-10,14-15,17,19-21,33H,3-6,11-13H2,1-2H3/t17-,19?,20?,21+/m1/s1. The molecule has 2 aromatic rings. The quantitative estimate of drug-likeness (QED) is 0.480. The van der Waals surface area contributed by atoms with Crippen molar-refractivity contribution in [2.24, 2.45) is 11.8 Å². The topological polar surface area (TPSA) is 92.4 Å². The maximum atomic E-state index is 14.4. The summed E-state index contributed by atoms with van der Waals surface area (Å²) < 4.78 is 53.1. The van der Waals surface area contributed by atoms with Gasteiger partial charge in [-0.25, -0.2) is 28.0 Å². The van der Waals surface area contributed by atoms with Crippen molar-refractivity contribution in [2.45, 2.75) is 51.0 Å². The van der Waals surface area contributed by atoms with Crippen LogP contribution in [0.1, 0.15) is 38.4 Å². The van der Waals surface area contributed by atoms with Crippen LogP contribution < -0.4 is 19.4 Å². The van der Waals surface area contributed by atoms with Crippen molar-refractivity contribution >= 4 is 23.6 Å². The van der Waals surface area contributed by atoms with Crippen LogP contribution in [0, 0.1) is 11.8 Å². The number of nitrogens with one attached hydrogen (secondary N) is 1. The second-order valence-electron chi connectivity index (χ2n) is 10.3. The van der Waals surface area contributed by atoms with Gasteiger partial charge in [-0.15, -0.1) is 0 Å². The van der Waals surface area contributed by atoms with Gasteiger partial charge in [-0.3, -0.25) is 0 Å². The molecule has 2 aliphatic heterocycles. The van der Waals surface area contributed by atoms with Crippen molar-refractivity contribution in [3.8, 4) is 5.88 Å². The van der Waals surface area contributed by atoms with Gasteiger partial charge < -0.3 is 19.1 Å². The number of rotatable bonds is 8. The number of piperidine rings is 1. The molecule has 2 unspecified atom stereocenters. The predicted molar refractivity (Wildman–Crippen MR) is 136 cm³/mol. The van der Waals surface area contributed by atoms with Gasteiger partial charge in [0, 0.05) is 44.1 Å². The number of alkyl halides is 2. The second kappa shape index (κ2) is 11.5. The summed E-state index contributed by atoms with van der Waals surface area (Å²) in [5, 5.41) is 4.04. The van der Waals surface area contributed by atoms with Gasteiger partial charge in [0.25, 0.3) is 0 Å². The molecule has 0 aromatic carbocycles. The molecule has 0 saturated carbocycles. The van der Waals surface area contributed by atoms with Gasteiger partial charge in [0.15, 0.2) is 18.2 Å². The highest BCUT2D eigenvalue weighted by molar-refractivity contribution is 6.13. The molecule has 2 saturated heterocycles. The van der Waals surface area contributed by atoms with E-state index in [4.69, 9.17) is 21.0 Å². The van der Waals surface area contributed by atoms with E-state index >= 15 is 0 Å². The van der Waals surface area contributed by atoms with Crippen molar-refractivity contribution in [3.63, 3.8) is 0 Å². The Kier molecular flexibility index (Phi) is 8.08. The third-order valence-corrected chi connectivity index (χ3v) is 7.60. The highest BCUT2D eigenvalue weighted by Crippen LogP contribution is 2.36. The minimum atomic E-state index is -1.98. The van der Waals surface area contributed by atoms with Crippen LogP contribution in [0.4, 0.5) is 25.0 Å². The maximum absolute atomic E-state index is 14.4. The fourth-order valence-corrected chi connectivity index (χ4v) is 5.24. The highest BCUT2D eigenvalue weighted by Gasteiger charge is 2.39. The Morgan fingerprint density at radius 3 is 2.53 bits per heavy atom. The fraction of sp³-hybridized carbons (Fsp3) is 0.600. The molecule has 5 rings (SSSR count). The summed E-state index contributed by atoms with van der Waals surface area (Å²) >= 11 is 5.90. The van der Waals surface area contributed by atoms with Crippen LogP contribution in [0.15, 0.2) is 40.5 Å². The average Bonchev–Trinajstić information content (AvgIpc) is 3.58. The van der Waals surface area contributed by atoms with Crippen LogP contribution in [-0.2, 0) is 0 Å². The predicted octanol–water partition coefficient (Wildman–Crippen LogP) is 4.30. The minimum absolute atomic E-state index is 0.116. The van der Waals surface area contributed by atoms with Gasteiger partial charge in [-0.05, 0) is 48.3 Å². The Hall–Kier alpha value is -2.86.